The smallest absolute Gasteiger partial charge is 0.255 e. The zero-order valence-corrected chi connectivity index (χ0v) is 14.3. The van der Waals surface area contributed by atoms with Gasteiger partial charge in [0.05, 0.1) is 12.5 Å². The molecule has 0 aliphatic carbocycles. The van der Waals surface area contributed by atoms with Gasteiger partial charge in [0.2, 0.25) is 0 Å². The summed E-state index contributed by atoms with van der Waals surface area (Å²) >= 11 is 0. The van der Waals surface area contributed by atoms with Crippen LogP contribution in [0.5, 0.6) is 5.75 Å². The van der Waals surface area contributed by atoms with Crippen molar-refractivity contribution in [2.24, 2.45) is 0 Å². The molecule has 0 spiro atoms. The molecule has 0 aliphatic rings. The van der Waals surface area contributed by atoms with E-state index >= 15 is 0 Å². The third-order valence-corrected chi connectivity index (χ3v) is 4.20. The van der Waals surface area contributed by atoms with E-state index in [4.69, 9.17) is 9.94 Å². The Labute approximate surface area is 153 Å². The van der Waals surface area contributed by atoms with E-state index < -0.39 is 11.8 Å². The first-order valence-corrected chi connectivity index (χ1v) is 8.53. The van der Waals surface area contributed by atoms with E-state index in [1.165, 1.54) is 5.56 Å². The van der Waals surface area contributed by atoms with E-state index in [-0.39, 0.29) is 0 Å². The van der Waals surface area contributed by atoms with Crippen LogP contribution in [0.15, 0.2) is 84.9 Å². The fourth-order valence-electron chi connectivity index (χ4n) is 2.92. The van der Waals surface area contributed by atoms with E-state index in [0.717, 1.165) is 17.5 Å². The van der Waals surface area contributed by atoms with E-state index in [0.29, 0.717) is 12.4 Å². The molecule has 0 saturated carbocycles. The van der Waals surface area contributed by atoms with Crippen molar-refractivity contribution in [3.63, 3.8) is 0 Å². The van der Waals surface area contributed by atoms with Crippen molar-refractivity contribution in [2.45, 2.75) is 12.3 Å². The zero-order valence-electron chi connectivity index (χ0n) is 14.3. The second-order valence-electron chi connectivity index (χ2n) is 5.98. The first-order chi connectivity index (χ1) is 12.8. The first-order valence-electron chi connectivity index (χ1n) is 8.53. The van der Waals surface area contributed by atoms with Crippen molar-refractivity contribution >= 4 is 5.91 Å². The summed E-state index contributed by atoms with van der Waals surface area (Å²) < 4.78 is 5.86. The van der Waals surface area contributed by atoms with Crippen LogP contribution in [0.4, 0.5) is 0 Å². The van der Waals surface area contributed by atoms with E-state index in [1.54, 1.807) is 5.48 Å². The maximum atomic E-state index is 12.2. The van der Waals surface area contributed by atoms with Crippen LogP contribution in [-0.4, -0.2) is 17.7 Å². The van der Waals surface area contributed by atoms with Gasteiger partial charge in [-0.2, -0.15) is 0 Å². The maximum absolute atomic E-state index is 12.2. The molecule has 3 aromatic carbocycles. The Balaban J connectivity index is 1.75. The molecule has 26 heavy (non-hydrogen) atoms. The van der Waals surface area contributed by atoms with Crippen LogP contribution in [0.25, 0.3) is 0 Å². The Hall–Kier alpha value is -3.11. The second-order valence-corrected chi connectivity index (χ2v) is 5.98. The lowest BCUT2D eigenvalue weighted by atomic mass is 9.90. The Morgan fingerprint density at radius 3 is 2.23 bits per heavy atom. The van der Waals surface area contributed by atoms with E-state index in [2.05, 4.69) is 12.1 Å². The predicted octanol–water partition coefficient (Wildman–Crippen LogP) is 3.95. The molecule has 2 N–H and O–H groups in total. The minimum atomic E-state index is -0.598. The maximum Gasteiger partial charge on any atom is 0.255 e. The Bertz CT molecular complexity index is 834. The SMILES string of the molecule is O=C(NO)C(c1ccccc1)c1cccc(OCCc2ccccc2)c1. The van der Waals surface area contributed by atoms with Crippen LogP contribution in [0.3, 0.4) is 0 Å². The Morgan fingerprint density at radius 2 is 1.54 bits per heavy atom. The third-order valence-electron chi connectivity index (χ3n) is 4.20. The average molecular weight is 347 g/mol. The van der Waals surface area contributed by atoms with Crippen molar-refractivity contribution in [3.05, 3.63) is 102 Å². The normalized spacial score (nSPS) is 11.6. The van der Waals surface area contributed by atoms with Gasteiger partial charge in [0.15, 0.2) is 0 Å². The number of hydrogen-bond donors (Lipinski definition) is 2. The molecule has 0 aliphatic heterocycles. The molecular weight excluding hydrogens is 326 g/mol. The van der Waals surface area contributed by atoms with Gasteiger partial charge in [0.25, 0.3) is 5.91 Å². The minimum absolute atomic E-state index is 0.474. The number of amides is 1. The van der Waals surface area contributed by atoms with Crippen LogP contribution < -0.4 is 10.2 Å². The molecule has 0 heterocycles. The number of carbonyl (C=O) groups excluding carboxylic acids is 1. The van der Waals surface area contributed by atoms with Crippen LogP contribution in [0.1, 0.15) is 22.6 Å². The highest BCUT2D eigenvalue weighted by Gasteiger charge is 2.22. The van der Waals surface area contributed by atoms with Gasteiger partial charge in [-0.1, -0.05) is 72.8 Å². The number of nitrogens with one attached hydrogen (secondary N) is 1. The summed E-state index contributed by atoms with van der Waals surface area (Å²) in [6.45, 7) is 0.551. The molecule has 0 bridgehead atoms. The van der Waals surface area contributed by atoms with Gasteiger partial charge >= 0.3 is 0 Å². The van der Waals surface area contributed by atoms with Gasteiger partial charge < -0.3 is 4.74 Å². The molecule has 0 fully saturated rings. The quantitative estimate of drug-likeness (QED) is 0.503. The minimum Gasteiger partial charge on any atom is -0.493 e. The molecule has 3 aromatic rings. The summed E-state index contributed by atoms with van der Waals surface area (Å²) in [4.78, 5) is 12.2. The summed E-state index contributed by atoms with van der Waals surface area (Å²) in [5, 5.41) is 9.13. The molecular formula is C22H21NO3. The van der Waals surface area contributed by atoms with Gasteiger partial charge in [-0.15, -0.1) is 0 Å². The van der Waals surface area contributed by atoms with Crippen molar-refractivity contribution in [1.29, 1.82) is 0 Å². The number of carbonyl (C=O) groups is 1. The van der Waals surface area contributed by atoms with Gasteiger partial charge in [0, 0.05) is 6.42 Å². The largest absolute Gasteiger partial charge is 0.493 e. The number of ether oxygens (including phenoxy) is 1. The monoisotopic (exact) mass is 347 g/mol. The summed E-state index contributed by atoms with van der Waals surface area (Å²) in [6, 6.07) is 26.9. The van der Waals surface area contributed by atoms with Crippen molar-refractivity contribution in [3.8, 4) is 5.75 Å². The topological polar surface area (TPSA) is 58.6 Å². The molecule has 1 atom stereocenters. The Kier molecular flexibility index (Phi) is 6.01. The van der Waals surface area contributed by atoms with E-state index in [9.17, 15) is 4.79 Å². The number of benzene rings is 3. The van der Waals surface area contributed by atoms with Crippen molar-refractivity contribution < 1.29 is 14.7 Å². The molecule has 0 radical (unpaired) electrons. The van der Waals surface area contributed by atoms with Gasteiger partial charge in [-0.05, 0) is 28.8 Å². The molecule has 3 rings (SSSR count). The number of hydroxylamine groups is 1. The number of rotatable bonds is 7. The fraction of sp³-hybridized carbons (Fsp3) is 0.136. The summed E-state index contributed by atoms with van der Waals surface area (Å²) in [7, 11) is 0. The van der Waals surface area contributed by atoms with Crippen molar-refractivity contribution in [2.75, 3.05) is 6.61 Å². The van der Waals surface area contributed by atoms with Crippen molar-refractivity contribution in [1.82, 2.24) is 5.48 Å². The lowest BCUT2D eigenvalue weighted by Crippen LogP contribution is -2.27. The molecule has 4 nitrogen and oxygen atoms in total. The molecule has 0 saturated heterocycles. The second kappa shape index (κ2) is 8.83. The average Bonchev–Trinajstić information content (AvgIpc) is 2.70. The molecule has 0 aromatic heterocycles. The highest BCUT2D eigenvalue weighted by Crippen LogP contribution is 2.27. The fourth-order valence-corrected chi connectivity index (χ4v) is 2.92. The molecule has 1 amide bonds. The highest BCUT2D eigenvalue weighted by molar-refractivity contribution is 5.86. The lowest BCUT2D eigenvalue weighted by molar-refractivity contribution is -0.129. The van der Waals surface area contributed by atoms with Crippen LogP contribution >= 0.6 is 0 Å². The van der Waals surface area contributed by atoms with Crippen LogP contribution in [0, 0.1) is 0 Å². The van der Waals surface area contributed by atoms with Gasteiger partial charge in [0.1, 0.15) is 5.75 Å². The van der Waals surface area contributed by atoms with Crippen LogP contribution in [0.2, 0.25) is 0 Å². The van der Waals surface area contributed by atoms with Gasteiger partial charge in [-0.3, -0.25) is 10.0 Å². The van der Waals surface area contributed by atoms with Gasteiger partial charge in [-0.25, -0.2) is 5.48 Å². The summed E-state index contributed by atoms with van der Waals surface area (Å²) in [5.41, 5.74) is 4.55. The Morgan fingerprint density at radius 1 is 0.885 bits per heavy atom. The van der Waals surface area contributed by atoms with E-state index in [1.807, 2.05) is 72.8 Å². The highest BCUT2D eigenvalue weighted by atomic mass is 16.5. The summed E-state index contributed by atoms with van der Waals surface area (Å²) in [6.07, 6.45) is 0.810. The molecule has 132 valence electrons. The molecule has 1 unspecified atom stereocenters. The summed E-state index contributed by atoms with van der Waals surface area (Å²) in [5.74, 6) is -0.374. The van der Waals surface area contributed by atoms with Crippen LogP contribution in [-0.2, 0) is 11.2 Å². The lowest BCUT2D eigenvalue weighted by Gasteiger charge is -2.17. The molecule has 4 heteroatoms. The standard InChI is InChI=1S/C22H21NO3/c24-22(23-25)21(18-10-5-2-6-11-18)19-12-7-13-20(16-19)26-15-14-17-8-3-1-4-9-17/h1-13,16,21,25H,14-15H2,(H,23,24). The first kappa shape index (κ1) is 17.7. The number of hydrogen-bond acceptors (Lipinski definition) is 3. The third kappa shape index (κ3) is 4.49. The predicted molar refractivity (Wildman–Crippen MR) is 100 cm³/mol. The zero-order chi connectivity index (χ0) is 18.2.